The van der Waals surface area contributed by atoms with Crippen LogP contribution in [0.15, 0.2) is 58.9 Å². The molecule has 0 spiro atoms. The number of hydrogen-bond acceptors (Lipinski definition) is 5. The van der Waals surface area contributed by atoms with E-state index in [9.17, 15) is 4.79 Å². The molecule has 0 aliphatic carbocycles. The lowest BCUT2D eigenvalue weighted by atomic mass is 10.1. The maximum atomic E-state index is 10.7. The number of aliphatic carboxylic acids is 1. The molecule has 1 heterocycles. The van der Waals surface area contributed by atoms with E-state index in [0.717, 1.165) is 11.3 Å². The Bertz CT molecular complexity index is 596. The van der Waals surface area contributed by atoms with Crippen LogP contribution in [0, 0.1) is 0 Å². The van der Waals surface area contributed by atoms with Crippen LogP contribution in [-0.4, -0.2) is 22.1 Å². The van der Waals surface area contributed by atoms with Gasteiger partial charge in [-0.15, -0.1) is 10.2 Å². The molecule has 0 saturated carbocycles. The number of nitrogens with two attached hydrogens (primary N) is 1. The van der Waals surface area contributed by atoms with E-state index in [2.05, 4.69) is 15.2 Å². The summed E-state index contributed by atoms with van der Waals surface area (Å²) in [4.78, 5) is 14.7. The Kier molecular flexibility index (Phi) is 4.52. The van der Waals surface area contributed by atoms with Crippen molar-refractivity contribution < 1.29 is 9.90 Å². The van der Waals surface area contributed by atoms with E-state index in [1.807, 2.05) is 30.3 Å². The second-order valence-corrected chi connectivity index (χ2v) is 4.21. The number of pyridine rings is 1. The molecule has 2 aromatic rings. The van der Waals surface area contributed by atoms with Crippen LogP contribution >= 0.6 is 0 Å². The van der Waals surface area contributed by atoms with Crippen molar-refractivity contribution in [1.29, 1.82) is 0 Å². The minimum absolute atomic E-state index is 0.235. The Morgan fingerprint density at radius 1 is 1.20 bits per heavy atom. The van der Waals surface area contributed by atoms with E-state index < -0.39 is 12.0 Å². The highest BCUT2D eigenvalue weighted by Crippen LogP contribution is 2.16. The molecule has 1 aromatic heterocycles. The molecule has 20 heavy (non-hydrogen) atoms. The van der Waals surface area contributed by atoms with Gasteiger partial charge in [-0.1, -0.05) is 24.3 Å². The van der Waals surface area contributed by atoms with Crippen LogP contribution in [0.3, 0.4) is 0 Å². The summed E-state index contributed by atoms with van der Waals surface area (Å²) in [6.45, 7) is 0. The van der Waals surface area contributed by atoms with Gasteiger partial charge in [0, 0.05) is 6.20 Å². The molecule has 6 heteroatoms. The Morgan fingerprint density at radius 2 is 1.95 bits per heavy atom. The summed E-state index contributed by atoms with van der Waals surface area (Å²) in [5.74, 6) is -0.570. The highest BCUT2D eigenvalue weighted by Gasteiger charge is 2.11. The Hall–Kier alpha value is -2.60. The van der Waals surface area contributed by atoms with Crippen molar-refractivity contribution in [2.24, 2.45) is 16.0 Å². The minimum atomic E-state index is -1.03. The number of carbonyl (C=O) groups is 1. The lowest BCUT2D eigenvalue weighted by molar-refractivity contribution is -0.138. The van der Waals surface area contributed by atoms with Crippen LogP contribution in [0.2, 0.25) is 0 Å². The summed E-state index contributed by atoms with van der Waals surface area (Å²) < 4.78 is 0. The van der Waals surface area contributed by atoms with Crippen LogP contribution in [0.4, 0.5) is 11.5 Å². The van der Waals surface area contributed by atoms with E-state index in [1.54, 1.807) is 18.3 Å². The van der Waals surface area contributed by atoms with Crippen molar-refractivity contribution in [3.63, 3.8) is 0 Å². The first-order valence-corrected chi connectivity index (χ1v) is 6.05. The number of carboxylic acids is 1. The zero-order chi connectivity index (χ0) is 14.4. The number of benzene rings is 1. The van der Waals surface area contributed by atoms with Crippen molar-refractivity contribution >= 4 is 17.5 Å². The summed E-state index contributed by atoms with van der Waals surface area (Å²) in [5, 5.41) is 16.8. The molecule has 1 atom stereocenters. The van der Waals surface area contributed by atoms with Crippen molar-refractivity contribution in [3.8, 4) is 0 Å². The second-order valence-electron chi connectivity index (χ2n) is 4.21. The SMILES string of the molecule is NC(Cc1ccc(N=Nc2ccccc2)nc1)C(=O)O. The summed E-state index contributed by atoms with van der Waals surface area (Å²) in [5.41, 5.74) is 6.94. The molecule has 0 amide bonds. The molecule has 0 radical (unpaired) electrons. The molecule has 0 aliphatic heterocycles. The third-order valence-electron chi connectivity index (χ3n) is 2.61. The van der Waals surface area contributed by atoms with Crippen molar-refractivity contribution in [3.05, 3.63) is 54.2 Å². The Morgan fingerprint density at radius 3 is 2.55 bits per heavy atom. The summed E-state index contributed by atoms with van der Waals surface area (Å²) in [6.07, 6.45) is 1.79. The average molecular weight is 270 g/mol. The van der Waals surface area contributed by atoms with Crippen LogP contribution < -0.4 is 5.73 Å². The van der Waals surface area contributed by atoms with Gasteiger partial charge in [-0.3, -0.25) is 4.79 Å². The summed E-state index contributed by atoms with van der Waals surface area (Å²) in [7, 11) is 0. The largest absolute Gasteiger partial charge is 0.480 e. The second kappa shape index (κ2) is 6.53. The fraction of sp³-hybridized carbons (Fsp3) is 0.143. The average Bonchev–Trinajstić information content (AvgIpc) is 2.47. The van der Waals surface area contributed by atoms with Gasteiger partial charge in [-0.05, 0) is 30.2 Å². The predicted molar refractivity (Wildman–Crippen MR) is 74.2 cm³/mol. The highest BCUT2D eigenvalue weighted by atomic mass is 16.4. The first-order chi connectivity index (χ1) is 9.65. The number of rotatable bonds is 5. The zero-order valence-corrected chi connectivity index (χ0v) is 10.7. The summed E-state index contributed by atoms with van der Waals surface area (Å²) >= 11 is 0. The zero-order valence-electron chi connectivity index (χ0n) is 10.7. The molecule has 1 aromatic carbocycles. The topological polar surface area (TPSA) is 101 Å². The van der Waals surface area contributed by atoms with Crippen LogP contribution in [0.5, 0.6) is 0 Å². The first-order valence-electron chi connectivity index (χ1n) is 6.05. The molecule has 0 fully saturated rings. The fourth-order valence-corrected chi connectivity index (χ4v) is 1.54. The van der Waals surface area contributed by atoms with Crippen molar-refractivity contribution in [2.75, 3.05) is 0 Å². The van der Waals surface area contributed by atoms with Gasteiger partial charge < -0.3 is 10.8 Å². The monoisotopic (exact) mass is 270 g/mol. The smallest absolute Gasteiger partial charge is 0.320 e. The fourth-order valence-electron chi connectivity index (χ4n) is 1.54. The molecular formula is C14H14N4O2. The molecule has 0 saturated heterocycles. The van der Waals surface area contributed by atoms with E-state index in [-0.39, 0.29) is 6.42 Å². The molecule has 102 valence electrons. The van der Waals surface area contributed by atoms with E-state index in [1.165, 1.54) is 0 Å². The van der Waals surface area contributed by atoms with Gasteiger partial charge in [-0.25, -0.2) is 4.98 Å². The van der Waals surface area contributed by atoms with Gasteiger partial charge in [0.05, 0.1) is 5.69 Å². The number of nitrogens with zero attached hydrogens (tertiary/aromatic N) is 3. The molecular weight excluding hydrogens is 256 g/mol. The lowest BCUT2D eigenvalue weighted by Gasteiger charge is -2.05. The van der Waals surface area contributed by atoms with Gasteiger partial charge in [0.15, 0.2) is 5.82 Å². The quantitative estimate of drug-likeness (QED) is 0.815. The number of aromatic nitrogens is 1. The molecule has 6 nitrogen and oxygen atoms in total. The maximum absolute atomic E-state index is 10.7. The van der Waals surface area contributed by atoms with E-state index in [4.69, 9.17) is 10.8 Å². The normalized spacial score (nSPS) is 12.4. The van der Waals surface area contributed by atoms with Crippen LogP contribution in [0.1, 0.15) is 5.56 Å². The van der Waals surface area contributed by atoms with Gasteiger partial charge >= 0.3 is 5.97 Å². The van der Waals surface area contributed by atoms with Crippen LogP contribution in [0.25, 0.3) is 0 Å². The van der Waals surface area contributed by atoms with Gasteiger partial charge in [-0.2, -0.15) is 0 Å². The van der Waals surface area contributed by atoms with Crippen molar-refractivity contribution in [1.82, 2.24) is 4.98 Å². The number of hydrogen-bond donors (Lipinski definition) is 2. The van der Waals surface area contributed by atoms with E-state index in [0.29, 0.717) is 5.82 Å². The van der Waals surface area contributed by atoms with Gasteiger partial charge in [0.2, 0.25) is 0 Å². The molecule has 3 N–H and O–H groups in total. The van der Waals surface area contributed by atoms with Crippen LogP contribution in [-0.2, 0) is 11.2 Å². The van der Waals surface area contributed by atoms with Crippen molar-refractivity contribution in [2.45, 2.75) is 12.5 Å². The van der Waals surface area contributed by atoms with Gasteiger partial charge in [0.25, 0.3) is 0 Å². The number of carboxylic acid groups (broad SMARTS) is 1. The first kappa shape index (κ1) is 13.8. The molecule has 0 bridgehead atoms. The Balaban J connectivity index is 2.02. The summed E-state index contributed by atoms with van der Waals surface area (Å²) in [6, 6.07) is 11.8. The number of azo groups is 1. The third-order valence-corrected chi connectivity index (χ3v) is 2.61. The standard InChI is InChI=1S/C14H14N4O2/c15-12(14(19)20)8-10-6-7-13(16-9-10)18-17-11-4-2-1-3-5-11/h1-7,9,12H,8,15H2,(H,19,20). The Labute approximate surface area is 116 Å². The van der Waals surface area contributed by atoms with Gasteiger partial charge in [0.1, 0.15) is 6.04 Å². The highest BCUT2D eigenvalue weighted by molar-refractivity contribution is 5.73. The minimum Gasteiger partial charge on any atom is -0.480 e. The maximum Gasteiger partial charge on any atom is 0.320 e. The third kappa shape index (κ3) is 3.96. The lowest BCUT2D eigenvalue weighted by Crippen LogP contribution is -2.32. The molecule has 0 aliphatic rings. The van der Waals surface area contributed by atoms with E-state index >= 15 is 0 Å². The molecule has 2 rings (SSSR count). The molecule has 1 unspecified atom stereocenters. The predicted octanol–water partition coefficient (Wildman–Crippen LogP) is 2.45.